The quantitative estimate of drug-likeness (QED) is 0.598. The van der Waals surface area contributed by atoms with Gasteiger partial charge in [-0.1, -0.05) is 12.1 Å². The lowest BCUT2D eigenvalue weighted by Crippen LogP contribution is -2.09. The lowest BCUT2D eigenvalue weighted by Gasteiger charge is -2.09. The average molecular weight is 210 g/mol. The van der Waals surface area contributed by atoms with E-state index in [1.54, 1.807) is 6.07 Å². The molecule has 1 heterocycles. The van der Waals surface area contributed by atoms with E-state index in [1.807, 2.05) is 0 Å². The molecule has 2 rings (SSSR count). The van der Waals surface area contributed by atoms with Crippen LogP contribution in [0.5, 0.6) is 0 Å². The normalized spacial score (nSPS) is 20.5. The Morgan fingerprint density at radius 3 is 2.93 bits per heavy atom. The van der Waals surface area contributed by atoms with Crippen LogP contribution in [0.2, 0.25) is 0 Å². The van der Waals surface area contributed by atoms with E-state index in [0.29, 0.717) is 12.1 Å². The Morgan fingerprint density at radius 1 is 1.53 bits per heavy atom. The molecule has 0 aliphatic carbocycles. The minimum absolute atomic E-state index is 0.0601. The molecule has 1 saturated heterocycles. The maximum Gasteiger partial charge on any atom is 0.305 e. The highest BCUT2D eigenvalue weighted by atomic mass is 19.1. The molecule has 1 aliphatic rings. The summed E-state index contributed by atoms with van der Waals surface area (Å²) in [5.74, 6) is -0.624. The monoisotopic (exact) mass is 210 g/mol. The van der Waals surface area contributed by atoms with Crippen molar-refractivity contribution in [2.45, 2.75) is 12.3 Å². The van der Waals surface area contributed by atoms with Crippen LogP contribution in [0.4, 0.5) is 10.1 Å². The van der Waals surface area contributed by atoms with E-state index in [9.17, 15) is 14.5 Å². The number of nitrogens with one attached hydrogen (secondary N) is 1. The molecule has 1 aliphatic heterocycles. The fourth-order valence-electron chi connectivity index (χ4n) is 1.91. The molecule has 1 aromatic rings. The molecule has 1 fully saturated rings. The Kier molecular flexibility index (Phi) is 2.64. The van der Waals surface area contributed by atoms with Gasteiger partial charge in [0.25, 0.3) is 0 Å². The number of hydrogen-bond donors (Lipinski definition) is 1. The first-order valence-corrected chi connectivity index (χ1v) is 4.83. The van der Waals surface area contributed by atoms with Gasteiger partial charge in [-0.15, -0.1) is 0 Å². The van der Waals surface area contributed by atoms with Crippen LogP contribution in [0, 0.1) is 15.9 Å². The second kappa shape index (κ2) is 3.94. The van der Waals surface area contributed by atoms with Crippen molar-refractivity contribution in [3.8, 4) is 0 Å². The third kappa shape index (κ3) is 1.83. The predicted molar refractivity (Wildman–Crippen MR) is 53.3 cm³/mol. The summed E-state index contributed by atoms with van der Waals surface area (Å²) in [4.78, 5) is 9.86. The number of rotatable bonds is 2. The Hall–Kier alpha value is -1.49. The van der Waals surface area contributed by atoms with Crippen LogP contribution in [-0.4, -0.2) is 18.0 Å². The Balaban J connectivity index is 2.39. The van der Waals surface area contributed by atoms with E-state index >= 15 is 0 Å². The zero-order valence-electron chi connectivity index (χ0n) is 8.07. The standard InChI is InChI=1S/C10H11FN2O2/c11-10-8(7-4-5-12-6-7)2-1-3-9(10)13(14)15/h1-3,7,12H,4-6H2. The van der Waals surface area contributed by atoms with Gasteiger partial charge >= 0.3 is 5.69 Å². The summed E-state index contributed by atoms with van der Waals surface area (Å²) in [6.07, 6.45) is 0.831. The largest absolute Gasteiger partial charge is 0.316 e. The van der Waals surface area contributed by atoms with Crippen molar-refractivity contribution in [1.29, 1.82) is 0 Å². The first-order valence-electron chi connectivity index (χ1n) is 4.83. The molecule has 0 radical (unpaired) electrons. The van der Waals surface area contributed by atoms with Crippen LogP contribution >= 0.6 is 0 Å². The van der Waals surface area contributed by atoms with Crippen molar-refractivity contribution in [3.05, 3.63) is 39.7 Å². The van der Waals surface area contributed by atoms with E-state index < -0.39 is 16.4 Å². The van der Waals surface area contributed by atoms with Gasteiger partial charge in [0.05, 0.1) is 4.92 Å². The van der Waals surface area contributed by atoms with Gasteiger partial charge in [-0.25, -0.2) is 0 Å². The first-order chi connectivity index (χ1) is 7.20. The van der Waals surface area contributed by atoms with Crippen molar-refractivity contribution in [1.82, 2.24) is 5.32 Å². The number of nitrogens with zero attached hydrogens (tertiary/aromatic N) is 1. The van der Waals surface area contributed by atoms with E-state index in [4.69, 9.17) is 0 Å². The van der Waals surface area contributed by atoms with E-state index in [-0.39, 0.29) is 5.92 Å². The highest BCUT2D eigenvalue weighted by molar-refractivity contribution is 5.38. The smallest absolute Gasteiger partial charge is 0.305 e. The van der Waals surface area contributed by atoms with Crippen LogP contribution in [0.15, 0.2) is 18.2 Å². The number of benzene rings is 1. The number of nitro groups is 1. The highest BCUT2D eigenvalue weighted by Crippen LogP contribution is 2.29. The van der Waals surface area contributed by atoms with Crippen LogP contribution in [-0.2, 0) is 0 Å². The van der Waals surface area contributed by atoms with E-state index in [0.717, 1.165) is 13.0 Å². The SMILES string of the molecule is O=[N+]([O-])c1cccc(C2CCNC2)c1F. The fourth-order valence-corrected chi connectivity index (χ4v) is 1.91. The van der Waals surface area contributed by atoms with E-state index in [1.165, 1.54) is 12.1 Å². The van der Waals surface area contributed by atoms with Crippen molar-refractivity contribution in [3.63, 3.8) is 0 Å². The molecule has 0 amide bonds. The average Bonchev–Trinajstić information content (AvgIpc) is 2.70. The molecular weight excluding hydrogens is 199 g/mol. The van der Waals surface area contributed by atoms with Gasteiger partial charge in [0.1, 0.15) is 0 Å². The maximum absolute atomic E-state index is 13.7. The lowest BCUT2D eigenvalue weighted by atomic mass is 9.97. The molecule has 1 aromatic carbocycles. The summed E-state index contributed by atoms with van der Waals surface area (Å²) in [6.45, 7) is 1.53. The molecule has 0 spiro atoms. The number of hydrogen-bond acceptors (Lipinski definition) is 3. The van der Waals surface area contributed by atoms with Crippen LogP contribution in [0.25, 0.3) is 0 Å². The fraction of sp³-hybridized carbons (Fsp3) is 0.400. The molecule has 1 N–H and O–H groups in total. The number of nitro benzene ring substituents is 1. The Morgan fingerprint density at radius 2 is 2.33 bits per heavy atom. The third-order valence-corrected chi connectivity index (χ3v) is 2.71. The third-order valence-electron chi connectivity index (χ3n) is 2.71. The minimum atomic E-state index is -0.684. The topological polar surface area (TPSA) is 55.2 Å². The second-order valence-electron chi connectivity index (χ2n) is 3.63. The molecule has 1 unspecified atom stereocenters. The zero-order chi connectivity index (χ0) is 10.8. The Bertz CT molecular complexity index is 389. The molecule has 80 valence electrons. The molecule has 5 heteroatoms. The van der Waals surface area contributed by atoms with Gasteiger partial charge in [-0.3, -0.25) is 10.1 Å². The summed E-state index contributed by atoms with van der Waals surface area (Å²) >= 11 is 0. The lowest BCUT2D eigenvalue weighted by molar-refractivity contribution is -0.387. The maximum atomic E-state index is 13.7. The molecule has 15 heavy (non-hydrogen) atoms. The summed E-state index contributed by atoms with van der Waals surface area (Å²) < 4.78 is 13.7. The van der Waals surface area contributed by atoms with Gasteiger partial charge in [-0.2, -0.15) is 4.39 Å². The highest BCUT2D eigenvalue weighted by Gasteiger charge is 2.24. The molecule has 0 aromatic heterocycles. The van der Waals surface area contributed by atoms with Crippen LogP contribution in [0.3, 0.4) is 0 Å². The summed E-state index contributed by atoms with van der Waals surface area (Å²) in [5.41, 5.74) is 0.0219. The first kappa shape index (κ1) is 10.0. The summed E-state index contributed by atoms with van der Waals surface area (Å²) in [6, 6.07) is 4.36. The van der Waals surface area contributed by atoms with Gasteiger partial charge in [-0.05, 0) is 18.5 Å². The summed E-state index contributed by atoms with van der Waals surface area (Å²) in [5, 5.41) is 13.6. The minimum Gasteiger partial charge on any atom is -0.316 e. The van der Waals surface area contributed by atoms with Gasteiger partial charge < -0.3 is 5.32 Å². The zero-order valence-corrected chi connectivity index (χ0v) is 8.07. The van der Waals surface area contributed by atoms with Crippen LogP contribution < -0.4 is 5.32 Å². The van der Waals surface area contributed by atoms with Crippen LogP contribution in [0.1, 0.15) is 17.9 Å². The van der Waals surface area contributed by atoms with Crippen molar-refractivity contribution >= 4 is 5.69 Å². The second-order valence-corrected chi connectivity index (χ2v) is 3.63. The number of halogens is 1. The van der Waals surface area contributed by atoms with Gasteiger partial charge in [0.2, 0.25) is 5.82 Å². The molecular formula is C10H11FN2O2. The molecule has 0 saturated carbocycles. The van der Waals surface area contributed by atoms with Gasteiger partial charge in [0.15, 0.2) is 0 Å². The predicted octanol–water partition coefficient (Wildman–Crippen LogP) is 1.81. The van der Waals surface area contributed by atoms with Gasteiger partial charge in [0, 0.05) is 18.5 Å². The molecule has 0 bridgehead atoms. The van der Waals surface area contributed by atoms with E-state index in [2.05, 4.69) is 5.32 Å². The van der Waals surface area contributed by atoms with Crippen molar-refractivity contribution < 1.29 is 9.31 Å². The molecule has 1 atom stereocenters. The molecule has 4 nitrogen and oxygen atoms in total. The Labute approximate surface area is 86.3 Å². The van der Waals surface area contributed by atoms with Crippen molar-refractivity contribution in [2.24, 2.45) is 0 Å². The van der Waals surface area contributed by atoms with Crippen molar-refractivity contribution in [2.75, 3.05) is 13.1 Å². The summed E-state index contributed by atoms with van der Waals surface area (Å²) in [7, 11) is 0.